The summed E-state index contributed by atoms with van der Waals surface area (Å²) in [7, 11) is 3.96. The number of hydrogen-bond donors (Lipinski definition) is 4. The highest BCUT2D eigenvalue weighted by Gasteiger charge is 2.30. The van der Waals surface area contributed by atoms with Crippen LogP contribution in [-0.4, -0.2) is 30.4 Å². The molecule has 2 aromatic rings. The van der Waals surface area contributed by atoms with Gasteiger partial charge >= 0.3 is 0 Å². The van der Waals surface area contributed by atoms with Crippen molar-refractivity contribution in [2.24, 2.45) is 5.73 Å². The Morgan fingerprint density at radius 2 is 2.09 bits per heavy atom. The number of anilines is 4. The maximum Gasteiger partial charge on any atom is 0.277 e. The molecule has 0 spiro atoms. The molecule has 22 heavy (non-hydrogen) atoms. The first-order valence-electron chi connectivity index (χ1n) is 6.91. The van der Waals surface area contributed by atoms with Crippen LogP contribution in [0.2, 0.25) is 0 Å². The molecule has 1 aliphatic rings. The van der Waals surface area contributed by atoms with Crippen molar-refractivity contribution in [3.05, 3.63) is 40.2 Å². The minimum Gasteiger partial charge on any atom is -0.377 e. The molecule has 0 saturated carbocycles. The van der Waals surface area contributed by atoms with Gasteiger partial charge < -0.3 is 20.9 Å². The van der Waals surface area contributed by atoms with E-state index in [-0.39, 0.29) is 11.5 Å². The minimum absolute atomic E-state index is 0.0746. The molecule has 1 aromatic heterocycles. The third-order valence-corrected chi connectivity index (χ3v) is 3.63. The molecule has 8 heteroatoms. The summed E-state index contributed by atoms with van der Waals surface area (Å²) in [6, 6.07) is 8.01. The molecule has 1 aromatic carbocycles. The summed E-state index contributed by atoms with van der Waals surface area (Å²) in [5, 5.41) is 2.94. The fourth-order valence-electron chi connectivity index (χ4n) is 2.61. The molecule has 1 atom stereocenters. The van der Waals surface area contributed by atoms with Crippen molar-refractivity contribution in [1.82, 2.24) is 9.97 Å². The summed E-state index contributed by atoms with van der Waals surface area (Å²) < 4.78 is 0. The van der Waals surface area contributed by atoms with E-state index in [2.05, 4.69) is 15.3 Å². The van der Waals surface area contributed by atoms with Gasteiger partial charge in [0.1, 0.15) is 5.69 Å². The van der Waals surface area contributed by atoms with Crippen LogP contribution in [0.1, 0.15) is 5.56 Å². The van der Waals surface area contributed by atoms with Crippen molar-refractivity contribution in [2.75, 3.05) is 34.9 Å². The van der Waals surface area contributed by atoms with Gasteiger partial charge in [-0.15, -0.1) is 0 Å². The van der Waals surface area contributed by atoms with Crippen molar-refractivity contribution in [1.29, 1.82) is 0 Å². The Kier molecular flexibility index (Phi) is 3.38. The van der Waals surface area contributed by atoms with Crippen molar-refractivity contribution < 1.29 is 0 Å². The fourth-order valence-corrected chi connectivity index (χ4v) is 2.61. The third kappa shape index (κ3) is 2.33. The normalized spacial score (nSPS) is 16.3. The highest BCUT2D eigenvalue weighted by atomic mass is 16.1. The topological polar surface area (TPSA) is 116 Å². The summed E-state index contributed by atoms with van der Waals surface area (Å²) in [6.45, 7) is 0.519. The molecular formula is C14H19N7O. The monoisotopic (exact) mass is 301 g/mol. The standard InChI is InChI=1S/C14H19N7O/c1-20(2)9-6-4-3-5-8(9)7-21-11-10(17-14(21)16)12(22)19-13(15)18-11/h3-6,14,17H,7,16H2,1-2H3,(H3,15,18,19,22). The van der Waals surface area contributed by atoms with Crippen molar-refractivity contribution >= 4 is 23.1 Å². The van der Waals surface area contributed by atoms with Crippen LogP contribution in [0.15, 0.2) is 29.1 Å². The maximum absolute atomic E-state index is 11.9. The number of para-hydroxylation sites is 1. The number of nitrogens with two attached hydrogens (primary N) is 2. The smallest absolute Gasteiger partial charge is 0.277 e. The molecular weight excluding hydrogens is 282 g/mol. The van der Waals surface area contributed by atoms with Crippen LogP contribution in [0, 0.1) is 0 Å². The number of benzene rings is 1. The van der Waals surface area contributed by atoms with E-state index in [9.17, 15) is 4.79 Å². The molecule has 1 unspecified atom stereocenters. The van der Waals surface area contributed by atoms with Crippen LogP contribution in [0.3, 0.4) is 0 Å². The van der Waals surface area contributed by atoms with Gasteiger partial charge in [-0.1, -0.05) is 18.2 Å². The Balaban J connectivity index is 2.00. The lowest BCUT2D eigenvalue weighted by molar-refractivity contribution is 0.690. The highest BCUT2D eigenvalue weighted by molar-refractivity contribution is 5.72. The first kappa shape index (κ1) is 14.2. The molecule has 1 aliphatic heterocycles. The van der Waals surface area contributed by atoms with E-state index in [0.717, 1.165) is 11.3 Å². The lowest BCUT2D eigenvalue weighted by Crippen LogP contribution is -2.43. The second-order valence-electron chi connectivity index (χ2n) is 5.39. The van der Waals surface area contributed by atoms with Gasteiger partial charge in [0.25, 0.3) is 5.56 Å². The van der Waals surface area contributed by atoms with Crippen molar-refractivity contribution in [3.8, 4) is 0 Å². The van der Waals surface area contributed by atoms with E-state index in [1.807, 2.05) is 48.2 Å². The summed E-state index contributed by atoms with van der Waals surface area (Å²) >= 11 is 0. The number of hydrogen-bond acceptors (Lipinski definition) is 7. The van der Waals surface area contributed by atoms with E-state index in [4.69, 9.17) is 11.5 Å². The Hall–Kier alpha value is -2.74. The third-order valence-electron chi connectivity index (χ3n) is 3.63. The van der Waals surface area contributed by atoms with E-state index in [1.54, 1.807) is 0 Å². The number of aromatic amines is 1. The van der Waals surface area contributed by atoms with Crippen LogP contribution >= 0.6 is 0 Å². The number of H-pyrrole nitrogens is 1. The molecule has 0 fully saturated rings. The van der Waals surface area contributed by atoms with Gasteiger partial charge in [0, 0.05) is 26.3 Å². The lowest BCUT2D eigenvalue weighted by atomic mass is 10.1. The molecule has 6 N–H and O–H groups in total. The molecule has 8 nitrogen and oxygen atoms in total. The molecule has 116 valence electrons. The number of nitrogens with one attached hydrogen (secondary N) is 2. The van der Waals surface area contributed by atoms with Gasteiger partial charge in [0.05, 0.1) is 0 Å². The minimum atomic E-state index is -0.527. The molecule has 0 saturated heterocycles. The molecule has 3 rings (SSSR count). The van der Waals surface area contributed by atoms with Crippen LogP contribution in [-0.2, 0) is 6.54 Å². The quantitative estimate of drug-likeness (QED) is 0.635. The zero-order valence-corrected chi connectivity index (χ0v) is 12.5. The maximum atomic E-state index is 11.9. The van der Waals surface area contributed by atoms with Crippen molar-refractivity contribution in [2.45, 2.75) is 12.8 Å². The largest absolute Gasteiger partial charge is 0.377 e. The number of rotatable bonds is 3. The molecule has 0 radical (unpaired) electrons. The lowest BCUT2D eigenvalue weighted by Gasteiger charge is -2.25. The van der Waals surface area contributed by atoms with E-state index < -0.39 is 6.29 Å². The predicted octanol–water partition coefficient (Wildman–Crippen LogP) is 0.0925. The summed E-state index contributed by atoms with van der Waals surface area (Å²) in [5.74, 6) is 0.549. The first-order valence-corrected chi connectivity index (χ1v) is 6.91. The zero-order valence-electron chi connectivity index (χ0n) is 12.5. The van der Waals surface area contributed by atoms with Crippen molar-refractivity contribution in [3.63, 3.8) is 0 Å². The van der Waals surface area contributed by atoms with Crippen LogP contribution in [0.4, 0.5) is 23.1 Å². The number of fused-ring (bicyclic) bond motifs is 1. The van der Waals surface area contributed by atoms with Gasteiger partial charge in [0.2, 0.25) is 5.95 Å². The Morgan fingerprint density at radius 3 is 2.82 bits per heavy atom. The molecule has 0 amide bonds. The van der Waals surface area contributed by atoms with Gasteiger partial charge in [0.15, 0.2) is 12.1 Å². The van der Waals surface area contributed by atoms with Gasteiger partial charge in [-0.2, -0.15) is 4.98 Å². The predicted molar refractivity (Wildman–Crippen MR) is 87.8 cm³/mol. The second kappa shape index (κ2) is 5.23. The van der Waals surface area contributed by atoms with E-state index >= 15 is 0 Å². The van der Waals surface area contributed by atoms with E-state index in [0.29, 0.717) is 18.1 Å². The van der Waals surface area contributed by atoms with Gasteiger partial charge in [-0.05, 0) is 11.6 Å². The summed E-state index contributed by atoms with van der Waals surface area (Å²) in [5.41, 5.74) is 13.9. The first-order chi connectivity index (χ1) is 10.5. The summed E-state index contributed by atoms with van der Waals surface area (Å²) in [4.78, 5) is 22.4. The molecule has 2 heterocycles. The SMILES string of the molecule is CN(C)c1ccccc1CN1c2nc(N)[nH]c(=O)c2NC1N. The van der Waals surface area contributed by atoms with E-state index in [1.165, 1.54) is 0 Å². The van der Waals surface area contributed by atoms with Crippen LogP contribution < -0.4 is 32.1 Å². The van der Waals surface area contributed by atoms with Crippen LogP contribution in [0.5, 0.6) is 0 Å². The average Bonchev–Trinajstić information content (AvgIpc) is 2.77. The Bertz CT molecular complexity index is 755. The number of nitrogens with zero attached hydrogens (tertiary/aromatic N) is 3. The Morgan fingerprint density at radius 1 is 1.36 bits per heavy atom. The highest BCUT2D eigenvalue weighted by Crippen LogP contribution is 2.31. The second-order valence-corrected chi connectivity index (χ2v) is 5.39. The molecule has 0 aliphatic carbocycles. The fraction of sp³-hybridized carbons (Fsp3) is 0.286. The van der Waals surface area contributed by atoms with Gasteiger partial charge in [-0.3, -0.25) is 15.5 Å². The summed E-state index contributed by atoms with van der Waals surface area (Å²) in [6.07, 6.45) is -0.527. The molecule has 0 bridgehead atoms. The average molecular weight is 301 g/mol. The number of aromatic nitrogens is 2. The Labute approximate surface area is 127 Å². The number of nitrogen functional groups attached to an aromatic ring is 1. The van der Waals surface area contributed by atoms with Crippen LogP contribution in [0.25, 0.3) is 0 Å². The zero-order chi connectivity index (χ0) is 15.9. The van der Waals surface area contributed by atoms with Gasteiger partial charge in [-0.25, -0.2) is 0 Å².